The molecule has 0 spiro atoms. The molecule has 0 radical (unpaired) electrons. The summed E-state index contributed by atoms with van der Waals surface area (Å²) in [5.41, 5.74) is 1.20. The fourth-order valence-corrected chi connectivity index (χ4v) is 2.20. The zero-order valence-electron chi connectivity index (χ0n) is 7.88. The summed E-state index contributed by atoms with van der Waals surface area (Å²) >= 11 is 5.37. The Labute approximate surface area is 110 Å². The molecule has 5 heteroatoms. The van der Waals surface area contributed by atoms with Gasteiger partial charge in [0, 0.05) is 8.04 Å². The summed E-state index contributed by atoms with van der Waals surface area (Å²) < 4.78 is 6.17. The van der Waals surface area contributed by atoms with Crippen LogP contribution >= 0.6 is 38.5 Å². The predicted octanol–water partition coefficient (Wildman–Crippen LogP) is 2.64. The van der Waals surface area contributed by atoms with Crippen LogP contribution in [0.3, 0.4) is 0 Å². The van der Waals surface area contributed by atoms with Crippen LogP contribution < -0.4 is 0 Å². The van der Waals surface area contributed by atoms with E-state index < -0.39 is 0 Å². The van der Waals surface area contributed by atoms with Crippen molar-refractivity contribution < 1.29 is 9.53 Å². The van der Waals surface area contributed by atoms with Gasteiger partial charge in [-0.3, -0.25) is 4.79 Å². The monoisotopic (exact) mass is 379 g/mol. The lowest BCUT2D eigenvalue weighted by atomic mass is 10.1. The average Bonchev–Trinajstić information content (AvgIpc) is 2.23. The van der Waals surface area contributed by atoms with Crippen molar-refractivity contribution in [2.75, 3.05) is 7.11 Å². The first-order valence-corrected chi connectivity index (χ1v) is 5.91. The van der Waals surface area contributed by atoms with Crippen LogP contribution in [0.15, 0.2) is 16.6 Å². The minimum atomic E-state index is -0.345. The van der Waals surface area contributed by atoms with Gasteiger partial charge in [0.25, 0.3) is 0 Å². The zero-order chi connectivity index (χ0) is 11.4. The number of nitrogens with zero attached hydrogens (tertiary/aromatic N) is 1. The van der Waals surface area contributed by atoms with Crippen molar-refractivity contribution in [3.63, 3.8) is 0 Å². The second-order valence-electron chi connectivity index (χ2n) is 2.75. The van der Waals surface area contributed by atoms with Crippen molar-refractivity contribution in [3.8, 4) is 6.07 Å². The Bertz CT molecular complexity index is 440. The summed E-state index contributed by atoms with van der Waals surface area (Å²) in [7, 11) is 1.33. The average molecular weight is 380 g/mol. The largest absolute Gasteiger partial charge is 0.469 e. The summed E-state index contributed by atoms with van der Waals surface area (Å²) in [6.45, 7) is 0. The predicted molar refractivity (Wildman–Crippen MR) is 67.3 cm³/mol. The molecule has 0 fully saturated rings. The number of esters is 1. The molecule has 0 unspecified atom stereocenters. The van der Waals surface area contributed by atoms with Gasteiger partial charge in [-0.15, -0.1) is 0 Å². The number of benzene rings is 1. The van der Waals surface area contributed by atoms with Crippen molar-refractivity contribution in [1.82, 2.24) is 0 Å². The molecule has 1 rings (SSSR count). The molecule has 0 saturated carbocycles. The zero-order valence-corrected chi connectivity index (χ0v) is 11.6. The number of hydrogen-bond acceptors (Lipinski definition) is 3. The quantitative estimate of drug-likeness (QED) is 0.586. The number of nitriles is 1. The lowest BCUT2D eigenvalue weighted by molar-refractivity contribution is -0.139. The van der Waals surface area contributed by atoms with Crippen LogP contribution in [-0.4, -0.2) is 13.1 Å². The number of hydrogen-bond donors (Lipinski definition) is 0. The van der Waals surface area contributed by atoms with E-state index in [-0.39, 0.29) is 12.4 Å². The van der Waals surface area contributed by atoms with Gasteiger partial charge in [0.05, 0.1) is 19.1 Å². The maximum absolute atomic E-state index is 11.2. The Kier molecular flexibility index (Phi) is 4.54. The molecule has 0 aliphatic rings. The number of methoxy groups -OCH3 is 1. The SMILES string of the molecule is COC(=O)Cc1c(I)ccc(Br)c1C#N. The standard InChI is InChI=1S/C10H7BrINO2/c1-15-10(14)4-6-7(5-13)8(11)2-3-9(6)12/h2-3H,4H2,1H3. The lowest BCUT2D eigenvalue weighted by Gasteiger charge is -2.07. The van der Waals surface area contributed by atoms with Crippen molar-refractivity contribution >= 4 is 44.5 Å². The number of carbonyl (C=O) groups excluding carboxylic acids is 1. The molecule has 0 amide bonds. The van der Waals surface area contributed by atoms with E-state index in [1.54, 1.807) is 6.07 Å². The van der Waals surface area contributed by atoms with E-state index in [4.69, 9.17) is 5.26 Å². The van der Waals surface area contributed by atoms with Crippen LogP contribution in [0.1, 0.15) is 11.1 Å². The number of halogens is 2. The van der Waals surface area contributed by atoms with Gasteiger partial charge in [0.1, 0.15) is 6.07 Å². The minimum Gasteiger partial charge on any atom is -0.469 e. The summed E-state index contributed by atoms with van der Waals surface area (Å²) in [4.78, 5) is 11.2. The van der Waals surface area contributed by atoms with Gasteiger partial charge < -0.3 is 4.74 Å². The van der Waals surface area contributed by atoms with E-state index >= 15 is 0 Å². The molecule has 0 aliphatic carbocycles. The van der Waals surface area contributed by atoms with Gasteiger partial charge in [-0.25, -0.2) is 0 Å². The van der Waals surface area contributed by atoms with Crippen molar-refractivity contribution in [2.24, 2.45) is 0 Å². The van der Waals surface area contributed by atoms with Crippen LogP contribution in [0, 0.1) is 14.9 Å². The van der Waals surface area contributed by atoms with Gasteiger partial charge in [0.15, 0.2) is 0 Å². The van der Waals surface area contributed by atoms with Crippen molar-refractivity contribution in [3.05, 3.63) is 31.3 Å². The van der Waals surface area contributed by atoms with Crippen LogP contribution in [0.4, 0.5) is 0 Å². The van der Waals surface area contributed by atoms with E-state index in [9.17, 15) is 4.79 Å². The third-order valence-electron chi connectivity index (χ3n) is 1.87. The van der Waals surface area contributed by atoms with Gasteiger partial charge in [-0.2, -0.15) is 5.26 Å². The van der Waals surface area contributed by atoms with Gasteiger partial charge in [0.2, 0.25) is 0 Å². The third kappa shape index (κ3) is 2.92. The summed E-state index contributed by atoms with van der Waals surface area (Å²) in [5.74, 6) is -0.345. The van der Waals surface area contributed by atoms with Crippen molar-refractivity contribution in [1.29, 1.82) is 5.26 Å². The van der Waals surface area contributed by atoms with Gasteiger partial charge >= 0.3 is 5.97 Å². The molecule has 1 aromatic carbocycles. The minimum absolute atomic E-state index is 0.122. The lowest BCUT2D eigenvalue weighted by Crippen LogP contribution is -2.08. The first-order chi connectivity index (χ1) is 7.10. The Morgan fingerprint density at radius 3 is 2.87 bits per heavy atom. The third-order valence-corrected chi connectivity index (χ3v) is 3.54. The summed E-state index contributed by atoms with van der Waals surface area (Å²) in [6, 6.07) is 5.72. The molecule has 78 valence electrons. The van der Waals surface area contributed by atoms with E-state index in [0.29, 0.717) is 15.6 Å². The maximum atomic E-state index is 11.2. The highest BCUT2D eigenvalue weighted by molar-refractivity contribution is 14.1. The molecule has 0 aromatic heterocycles. The normalized spacial score (nSPS) is 9.47. The van der Waals surface area contributed by atoms with Gasteiger partial charge in [-0.05, 0) is 56.2 Å². The molecular weight excluding hydrogens is 373 g/mol. The maximum Gasteiger partial charge on any atom is 0.310 e. The highest BCUT2D eigenvalue weighted by atomic mass is 127. The topological polar surface area (TPSA) is 50.1 Å². The first-order valence-electron chi connectivity index (χ1n) is 4.04. The number of ether oxygens (including phenoxy) is 1. The number of rotatable bonds is 2. The summed E-state index contributed by atoms with van der Waals surface area (Å²) in [6.07, 6.45) is 0.122. The fourth-order valence-electron chi connectivity index (χ4n) is 1.10. The van der Waals surface area contributed by atoms with E-state index in [1.807, 2.05) is 6.07 Å². The molecule has 0 saturated heterocycles. The molecule has 1 aromatic rings. The molecule has 0 N–H and O–H groups in total. The smallest absolute Gasteiger partial charge is 0.310 e. The molecule has 0 bridgehead atoms. The Hall–Kier alpha value is -0.610. The first kappa shape index (κ1) is 12.5. The second-order valence-corrected chi connectivity index (χ2v) is 4.76. The Morgan fingerprint density at radius 2 is 2.33 bits per heavy atom. The van der Waals surface area contributed by atoms with Crippen LogP contribution in [0.2, 0.25) is 0 Å². The highest BCUT2D eigenvalue weighted by Gasteiger charge is 2.14. The van der Waals surface area contributed by atoms with Crippen molar-refractivity contribution in [2.45, 2.75) is 6.42 Å². The van der Waals surface area contributed by atoms with E-state index in [0.717, 1.165) is 3.57 Å². The van der Waals surface area contributed by atoms with E-state index in [1.165, 1.54) is 7.11 Å². The van der Waals surface area contributed by atoms with E-state index in [2.05, 4.69) is 49.3 Å². The van der Waals surface area contributed by atoms with Crippen LogP contribution in [-0.2, 0) is 16.0 Å². The molecular formula is C10H7BrINO2. The molecule has 0 heterocycles. The van der Waals surface area contributed by atoms with Crippen LogP contribution in [0.25, 0.3) is 0 Å². The molecule has 0 atom stereocenters. The Balaban J connectivity index is 3.21. The summed E-state index contributed by atoms with van der Waals surface area (Å²) in [5, 5.41) is 8.97. The Morgan fingerprint density at radius 1 is 1.67 bits per heavy atom. The molecule has 0 aliphatic heterocycles. The molecule has 15 heavy (non-hydrogen) atoms. The fraction of sp³-hybridized carbons (Fsp3) is 0.200. The highest BCUT2D eigenvalue weighted by Crippen LogP contribution is 2.25. The second kappa shape index (κ2) is 5.47. The van der Waals surface area contributed by atoms with Gasteiger partial charge in [-0.1, -0.05) is 0 Å². The van der Waals surface area contributed by atoms with Crippen LogP contribution in [0.5, 0.6) is 0 Å². The number of carbonyl (C=O) groups is 1. The molecule has 3 nitrogen and oxygen atoms in total.